The minimum atomic E-state index is -0.0683. The van der Waals surface area contributed by atoms with Crippen LogP contribution in [-0.4, -0.2) is 30.6 Å². The number of carbonyl (C=O) groups is 1. The second kappa shape index (κ2) is 9.46. The van der Waals surface area contributed by atoms with Crippen LogP contribution in [-0.2, 0) is 13.1 Å². The maximum absolute atomic E-state index is 11.8. The van der Waals surface area contributed by atoms with Crippen LogP contribution >= 0.6 is 0 Å². The number of rotatable bonds is 7. The fourth-order valence-electron chi connectivity index (χ4n) is 2.86. The van der Waals surface area contributed by atoms with Gasteiger partial charge in [0, 0.05) is 19.6 Å². The van der Waals surface area contributed by atoms with Crippen molar-refractivity contribution in [2.45, 2.75) is 52.1 Å². The lowest BCUT2D eigenvalue weighted by Crippen LogP contribution is -2.36. The fraction of sp³-hybridized carbons (Fsp3) is 0.611. The van der Waals surface area contributed by atoms with Crippen molar-refractivity contribution in [2.24, 2.45) is 0 Å². The van der Waals surface area contributed by atoms with Gasteiger partial charge in [-0.1, -0.05) is 44.0 Å². The molecule has 4 heteroatoms. The van der Waals surface area contributed by atoms with Crippen LogP contribution in [0.15, 0.2) is 24.3 Å². The van der Waals surface area contributed by atoms with Crippen LogP contribution in [0.25, 0.3) is 0 Å². The predicted molar refractivity (Wildman–Crippen MR) is 90.7 cm³/mol. The molecule has 0 spiro atoms. The molecule has 1 aromatic carbocycles. The number of nitrogens with zero attached hydrogens (tertiary/aromatic N) is 1. The van der Waals surface area contributed by atoms with Crippen molar-refractivity contribution in [3.8, 4) is 0 Å². The zero-order valence-corrected chi connectivity index (χ0v) is 13.7. The molecule has 1 heterocycles. The van der Waals surface area contributed by atoms with E-state index in [4.69, 9.17) is 0 Å². The van der Waals surface area contributed by atoms with Crippen LogP contribution in [0.3, 0.4) is 0 Å². The Labute approximate surface area is 134 Å². The molecule has 2 amide bonds. The van der Waals surface area contributed by atoms with E-state index < -0.39 is 0 Å². The maximum Gasteiger partial charge on any atom is 0.315 e. The summed E-state index contributed by atoms with van der Waals surface area (Å²) in [5.74, 6) is 0. The summed E-state index contributed by atoms with van der Waals surface area (Å²) in [5.41, 5.74) is 2.55. The van der Waals surface area contributed by atoms with E-state index in [1.807, 2.05) is 6.07 Å². The Morgan fingerprint density at radius 1 is 1.09 bits per heavy atom. The highest BCUT2D eigenvalue weighted by Gasteiger charge is 2.12. The normalized spacial score (nSPS) is 15.5. The van der Waals surface area contributed by atoms with E-state index >= 15 is 0 Å². The molecule has 1 aliphatic rings. The Morgan fingerprint density at radius 3 is 2.55 bits per heavy atom. The van der Waals surface area contributed by atoms with Crippen LogP contribution < -0.4 is 10.6 Å². The Bertz CT molecular complexity index is 455. The Balaban J connectivity index is 1.83. The van der Waals surface area contributed by atoms with Gasteiger partial charge in [-0.3, -0.25) is 4.90 Å². The van der Waals surface area contributed by atoms with Gasteiger partial charge in [-0.2, -0.15) is 0 Å². The molecule has 122 valence electrons. The first-order chi connectivity index (χ1) is 10.8. The van der Waals surface area contributed by atoms with E-state index in [1.165, 1.54) is 43.5 Å². The molecule has 0 saturated carbocycles. The van der Waals surface area contributed by atoms with E-state index in [2.05, 4.69) is 40.7 Å². The van der Waals surface area contributed by atoms with Crippen molar-refractivity contribution in [2.75, 3.05) is 19.6 Å². The lowest BCUT2D eigenvalue weighted by atomic mass is 10.0. The summed E-state index contributed by atoms with van der Waals surface area (Å²) < 4.78 is 0. The lowest BCUT2D eigenvalue weighted by molar-refractivity contribution is 0.220. The van der Waals surface area contributed by atoms with E-state index in [0.29, 0.717) is 6.54 Å². The van der Waals surface area contributed by atoms with Crippen molar-refractivity contribution < 1.29 is 4.79 Å². The van der Waals surface area contributed by atoms with Crippen molar-refractivity contribution in [3.05, 3.63) is 35.4 Å². The fourth-order valence-corrected chi connectivity index (χ4v) is 2.86. The first-order valence-corrected chi connectivity index (χ1v) is 8.60. The highest BCUT2D eigenvalue weighted by molar-refractivity contribution is 5.73. The molecular weight excluding hydrogens is 274 g/mol. The van der Waals surface area contributed by atoms with Crippen molar-refractivity contribution in [3.63, 3.8) is 0 Å². The number of urea groups is 1. The molecule has 2 N–H and O–H groups in total. The maximum atomic E-state index is 11.8. The third-order valence-electron chi connectivity index (χ3n) is 4.22. The van der Waals surface area contributed by atoms with E-state index in [-0.39, 0.29) is 6.03 Å². The highest BCUT2D eigenvalue weighted by atomic mass is 16.2. The summed E-state index contributed by atoms with van der Waals surface area (Å²) in [6.07, 6.45) is 6.09. The Morgan fingerprint density at radius 2 is 1.82 bits per heavy atom. The SMILES string of the molecule is CCCCNC(=O)NCc1ccccc1CN1CCCCC1. The van der Waals surface area contributed by atoms with E-state index in [1.54, 1.807) is 0 Å². The van der Waals surface area contributed by atoms with Crippen LogP contribution in [0.5, 0.6) is 0 Å². The van der Waals surface area contributed by atoms with Crippen LogP contribution in [0.2, 0.25) is 0 Å². The number of likely N-dealkylation sites (tertiary alicyclic amines) is 1. The summed E-state index contributed by atoms with van der Waals surface area (Å²) in [4.78, 5) is 14.3. The molecular formula is C18H29N3O. The zero-order chi connectivity index (χ0) is 15.6. The van der Waals surface area contributed by atoms with Gasteiger partial charge in [0.05, 0.1) is 0 Å². The summed E-state index contributed by atoms with van der Waals surface area (Å²) >= 11 is 0. The molecule has 4 nitrogen and oxygen atoms in total. The molecule has 1 aromatic rings. The average Bonchev–Trinajstić information content (AvgIpc) is 2.55. The summed E-state index contributed by atoms with van der Waals surface area (Å²) in [6, 6.07) is 8.36. The molecule has 1 fully saturated rings. The third kappa shape index (κ3) is 5.68. The molecule has 0 atom stereocenters. The predicted octanol–water partition coefficient (Wildman–Crippen LogP) is 3.27. The molecule has 1 aliphatic heterocycles. The van der Waals surface area contributed by atoms with Gasteiger partial charge in [0.25, 0.3) is 0 Å². The first kappa shape index (κ1) is 16.8. The summed E-state index contributed by atoms with van der Waals surface area (Å²) in [7, 11) is 0. The van der Waals surface area contributed by atoms with Gasteiger partial charge in [-0.25, -0.2) is 4.79 Å². The quantitative estimate of drug-likeness (QED) is 0.759. The molecule has 2 rings (SSSR count). The highest BCUT2D eigenvalue weighted by Crippen LogP contribution is 2.16. The van der Waals surface area contributed by atoms with Gasteiger partial charge in [0.1, 0.15) is 0 Å². The van der Waals surface area contributed by atoms with Crippen molar-refractivity contribution >= 4 is 6.03 Å². The van der Waals surface area contributed by atoms with E-state index in [9.17, 15) is 4.79 Å². The van der Waals surface area contributed by atoms with Gasteiger partial charge >= 0.3 is 6.03 Å². The molecule has 0 unspecified atom stereocenters. The molecule has 0 aliphatic carbocycles. The monoisotopic (exact) mass is 303 g/mol. The minimum absolute atomic E-state index is 0.0683. The van der Waals surface area contributed by atoms with Gasteiger partial charge < -0.3 is 10.6 Å². The number of unbranched alkanes of at least 4 members (excludes halogenated alkanes) is 1. The molecule has 0 aromatic heterocycles. The number of carbonyl (C=O) groups excluding carboxylic acids is 1. The van der Waals surface area contributed by atoms with Crippen molar-refractivity contribution in [1.82, 2.24) is 15.5 Å². The standard InChI is InChI=1S/C18H29N3O/c1-2-3-11-19-18(22)20-14-16-9-5-6-10-17(16)15-21-12-7-4-8-13-21/h5-6,9-10H,2-4,7-8,11-15H2,1H3,(H2,19,20,22). The number of piperidine rings is 1. The number of hydrogen-bond acceptors (Lipinski definition) is 2. The largest absolute Gasteiger partial charge is 0.338 e. The zero-order valence-electron chi connectivity index (χ0n) is 13.7. The molecule has 22 heavy (non-hydrogen) atoms. The second-order valence-corrected chi connectivity index (χ2v) is 6.07. The number of amides is 2. The van der Waals surface area contributed by atoms with Crippen molar-refractivity contribution in [1.29, 1.82) is 0 Å². The Hall–Kier alpha value is -1.55. The van der Waals surface area contributed by atoms with E-state index in [0.717, 1.165) is 25.9 Å². The van der Waals surface area contributed by atoms with Gasteiger partial charge in [-0.05, 0) is 43.5 Å². The lowest BCUT2D eigenvalue weighted by Gasteiger charge is -2.27. The minimum Gasteiger partial charge on any atom is -0.338 e. The second-order valence-electron chi connectivity index (χ2n) is 6.07. The molecule has 1 saturated heterocycles. The first-order valence-electron chi connectivity index (χ1n) is 8.60. The molecule has 0 radical (unpaired) electrons. The van der Waals surface area contributed by atoms with Gasteiger partial charge in [-0.15, -0.1) is 0 Å². The summed E-state index contributed by atoms with van der Waals surface area (Å²) in [6.45, 7) is 6.85. The number of nitrogens with one attached hydrogen (secondary N) is 2. The number of benzene rings is 1. The van der Waals surface area contributed by atoms with Crippen LogP contribution in [0.1, 0.15) is 50.2 Å². The van der Waals surface area contributed by atoms with Gasteiger partial charge in [0.15, 0.2) is 0 Å². The smallest absolute Gasteiger partial charge is 0.315 e. The Kier molecular flexibility index (Phi) is 7.23. The topological polar surface area (TPSA) is 44.4 Å². The van der Waals surface area contributed by atoms with Crippen LogP contribution in [0.4, 0.5) is 4.79 Å². The van der Waals surface area contributed by atoms with Crippen LogP contribution in [0, 0.1) is 0 Å². The molecule has 0 bridgehead atoms. The average molecular weight is 303 g/mol. The summed E-state index contributed by atoms with van der Waals surface area (Å²) in [5, 5.41) is 5.86. The van der Waals surface area contributed by atoms with Gasteiger partial charge in [0.2, 0.25) is 0 Å². The third-order valence-corrected chi connectivity index (χ3v) is 4.22. The number of hydrogen-bond donors (Lipinski definition) is 2.